The molecule has 0 bridgehead atoms. The van der Waals surface area contributed by atoms with Crippen molar-refractivity contribution >= 4 is 28.9 Å². The average molecular weight is 351 g/mol. The zero-order valence-corrected chi connectivity index (χ0v) is 14.4. The molecule has 0 atom stereocenters. The van der Waals surface area contributed by atoms with Crippen LogP contribution in [0.4, 0.5) is 17.3 Å². The smallest absolute Gasteiger partial charge is 0.334 e. The second-order valence-corrected chi connectivity index (χ2v) is 6.10. The van der Waals surface area contributed by atoms with E-state index in [1.807, 2.05) is 24.0 Å². The lowest BCUT2D eigenvalue weighted by atomic mass is 10.2. The number of aryl methyl sites for hydroxylation is 2. The minimum atomic E-state index is -0.325. The first-order valence-electron chi connectivity index (χ1n) is 7.83. The summed E-state index contributed by atoms with van der Waals surface area (Å²) in [4.78, 5) is 19.6. The van der Waals surface area contributed by atoms with Gasteiger partial charge in [-0.3, -0.25) is 10.1 Å². The van der Waals surface area contributed by atoms with Crippen LogP contribution in [-0.4, -0.2) is 45.9 Å². The van der Waals surface area contributed by atoms with Gasteiger partial charge in [0.25, 0.3) is 0 Å². The molecule has 0 aromatic carbocycles. The number of pyridine rings is 1. The summed E-state index contributed by atoms with van der Waals surface area (Å²) in [5.74, 6) is 1.45. The van der Waals surface area contributed by atoms with Gasteiger partial charge in [-0.25, -0.2) is 9.67 Å². The maximum absolute atomic E-state index is 11.5. The first kappa shape index (κ1) is 16.5. The minimum Gasteiger partial charge on any atom is -0.353 e. The van der Waals surface area contributed by atoms with Gasteiger partial charge in [-0.05, 0) is 18.6 Å². The largest absolute Gasteiger partial charge is 0.353 e. The Labute approximate surface area is 144 Å². The van der Waals surface area contributed by atoms with Crippen LogP contribution < -0.4 is 9.80 Å². The summed E-state index contributed by atoms with van der Waals surface area (Å²) >= 11 is 5.87. The van der Waals surface area contributed by atoms with Gasteiger partial charge in [0.15, 0.2) is 0 Å². The summed E-state index contributed by atoms with van der Waals surface area (Å²) in [7, 11) is 1.76. The standard InChI is InChI=1S/C15H19ClN6O2/c1-3-12-14(22(23)24)15(19(2)18-12)21-8-6-20(7-9-21)13-5-4-11(16)10-17-13/h4-5,10H,3,6-9H2,1-2H3. The lowest BCUT2D eigenvalue weighted by molar-refractivity contribution is -0.384. The molecule has 0 aliphatic carbocycles. The van der Waals surface area contributed by atoms with E-state index in [1.165, 1.54) is 0 Å². The van der Waals surface area contributed by atoms with Crippen LogP contribution in [-0.2, 0) is 13.5 Å². The fourth-order valence-corrected chi connectivity index (χ4v) is 3.15. The maximum atomic E-state index is 11.5. The lowest BCUT2D eigenvalue weighted by Gasteiger charge is -2.35. The highest BCUT2D eigenvalue weighted by Gasteiger charge is 2.31. The number of aromatic nitrogens is 3. The van der Waals surface area contributed by atoms with Crippen molar-refractivity contribution in [1.29, 1.82) is 0 Å². The Bertz CT molecular complexity index is 737. The molecule has 0 amide bonds. The van der Waals surface area contributed by atoms with Gasteiger partial charge >= 0.3 is 5.69 Å². The Balaban J connectivity index is 1.79. The number of hydrogen-bond donors (Lipinski definition) is 0. The highest BCUT2D eigenvalue weighted by Crippen LogP contribution is 2.32. The van der Waals surface area contributed by atoms with Gasteiger partial charge in [-0.1, -0.05) is 18.5 Å². The normalized spacial score (nSPS) is 15.0. The van der Waals surface area contributed by atoms with Gasteiger partial charge < -0.3 is 9.80 Å². The van der Waals surface area contributed by atoms with Crippen molar-refractivity contribution in [2.45, 2.75) is 13.3 Å². The van der Waals surface area contributed by atoms with E-state index in [-0.39, 0.29) is 10.6 Å². The molecule has 2 aromatic rings. The summed E-state index contributed by atoms with van der Waals surface area (Å²) in [6.07, 6.45) is 2.17. The van der Waals surface area contributed by atoms with Crippen molar-refractivity contribution in [3.63, 3.8) is 0 Å². The van der Waals surface area contributed by atoms with E-state index in [2.05, 4.69) is 15.0 Å². The zero-order valence-electron chi connectivity index (χ0n) is 13.6. The first-order chi connectivity index (χ1) is 11.5. The summed E-state index contributed by atoms with van der Waals surface area (Å²) in [5.41, 5.74) is 0.650. The second kappa shape index (κ2) is 6.64. The average Bonchev–Trinajstić information content (AvgIpc) is 2.92. The van der Waals surface area contributed by atoms with Crippen LogP contribution >= 0.6 is 11.6 Å². The lowest BCUT2D eigenvalue weighted by Crippen LogP contribution is -2.47. The molecular formula is C15H19ClN6O2. The molecule has 2 aromatic heterocycles. The molecule has 0 radical (unpaired) electrons. The molecule has 1 aliphatic rings. The van der Waals surface area contributed by atoms with E-state index in [0.717, 1.165) is 18.9 Å². The molecule has 1 fully saturated rings. The van der Waals surface area contributed by atoms with E-state index in [0.29, 0.717) is 36.0 Å². The Morgan fingerprint density at radius 3 is 2.46 bits per heavy atom. The van der Waals surface area contributed by atoms with Crippen molar-refractivity contribution in [2.24, 2.45) is 7.05 Å². The molecule has 24 heavy (non-hydrogen) atoms. The van der Waals surface area contributed by atoms with Crippen LogP contribution in [0.1, 0.15) is 12.6 Å². The third-order valence-electron chi connectivity index (χ3n) is 4.19. The minimum absolute atomic E-state index is 0.123. The molecule has 1 aliphatic heterocycles. The molecule has 3 rings (SSSR count). The molecule has 9 heteroatoms. The Kier molecular flexibility index (Phi) is 4.57. The third-order valence-corrected chi connectivity index (χ3v) is 4.42. The number of nitro groups is 1. The zero-order chi connectivity index (χ0) is 17.3. The quantitative estimate of drug-likeness (QED) is 0.621. The van der Waals surface area contributed by atoms with E-state index < -0.39 is 0 Å². The van der Waals surface area contributed by atoms with Crippen LogP contribution in [0.2, 0.25) is 5.02 Å². The summed E-state index contributed by atoms with van der Waals surface area (Å²) in [5, 5.41) is 16.4. The molecule has 0 N–H and O–H groups in total. The van der Waals surface area contributed by atoms with E-state index in [1.54, 1.807) is 17.9 Å². The number of nitrogens with zero attached hydrogens (tertiary/aromatic N) is 6. The number of piperazine rings is 1. The highest BCUT2D eigenvalue weighted by atomic mass is 35.5. The molecule has 8 nitrogen and oxygen atoms in total. The predicted molar refractivity (Wildman–Crippen MR) is 92.9 cm³/mol. The third kappa shape index (κ3) is 3.01. The Morgan fingerprint density at radius 1 is 1.25 bits per heavy atom. The van der Waals surface area contributed by atoms with Gasteiger partial charge in [0.1, 0.15) is 11.5 Å². The number of halogens is 1. The fourth-order valence-electron chi connectivity index (χ4n) is 3.04. The molecule has 3 heterocycles. The van der Waals surface area contributed by atoms with Gasteiger partial charge in [0.05, 0.1) is 9.95 Å². The Hall–Kier alpha value is -2.35. The first-order valence-corrected chi connectivity index (χ1v) is 8.20. The molecular weight excluding hydrogens is 332 g/mol. The van der Waals surface area contributed by atoms with Crippen LogP contribution in [0.25, 0.3) is 0 Å². The summed E-state index contributed by atoms with van der Waals surface area (Å²) in [6, 6.07) is 3.70. The number of rotatable bonds is 4. The predicted octanol–water partition coefficient (Wildman–Crippen LogP) is 2.27. The van der Waals surface area contributed by atoms with Crippen molar-refractivity contribution < 1.29 is 4.92 Å². The van der Waals surface area contributed by atoms with Crippen molar-refractivity contribution in [1.82, 2.24) is 14.8 Å². The molecule has 1 saturated heterocycles. The van der Waals surface area contributed by atoms with Gasteiger partial charge in [0, 0.05) is 39.4 Å². The highest BCUT2D eigenvalue weighted by molar-refractivity contribution is 6.30. The number of anilines is 2. The molecule has 128 valence electrons. The van der Waals surface area contributed by atoms with Crippen molar-refractivity contribution in [3.05, 3.63) is 39.2 Å². The fraction of sp³-hybridized carbons (Fsp3) is 0.467. The summed E-state index contributed by atoms with van der Waals surface area (Å²) in [6.45, 7) is 4.70. The van der Waals surface area contributed by atoms with E-state index in [4.69, 9.17) is 11.6 Å². The second-order valence-electron chi connectivity index (χ2n) is 5.66. The van der Waals surface area contributed by atoms with Crippen LogP contribution in [0.5, 0.6) is 0 Å². The number of hydrogen-bond acceptors (Lipinski definition) is 6. The van der Waals surface area contributed by atoms with Gasteiger partial charge in [-0.2, -0.15) is 5.10 Å². The Morgan fingerprint density at radius 2 is 1.92 bits per heavy atom. The van der Waals surface area contributed by atoms with Crippen molar-refractivity contribution in [3.8, 4) is 0 Å². The van der Waals surface area contributed by atoms with Gasteiger partial charge in [0.2, 0.25) is 5.82 Å². The van der Waals surface area contributed by atoms with Crippen molar-refractivity contribution in [2.75, 3.05) is 36.0 Å². The molecule has 0 unspecified atom stereocenters. The van der Waals surface area contributed by atoms with Crippen LogP contribution in [0.15, 0.2) is 18.3 Å². The van der Waals surface area contributed by atoms with E-state index in [9.17, 15) is 10.1 Å². The monoisotopic (exact) mass is 350 g/mol. The molecule has 0 spiro atoms. The van der Waals surface area contributed by atoms with Gasteiger partial charge in [-0.15, -0.1) is 0 Å². The topological polar surface area (TPSA) is 80.3 Å². The SMILES string of the molecule is CCc1nn(C)c(N2CCN(c3ccc(Cl)cn3)CC2)c1[N+](=O)[O-]. The van der Waals surface area contributed by atoms with E-state index >= 15 is 0 Å². The summed E-state index contributed by atoms with van der Waals surface area (Å²) < 4.78 is 1.62. The van der Waals surface area contributed by atoms with Crippen LogP contribution in [0.3, 0.4) is 0 Å². The molecule has 0 saturated carbocycles. The van der Waals surface area contributed by atoms with Crippen LogP contribution in [0, 0.1) is 10.1 Å². The maximum Gasteiger partial charge on any atom is 0.334 e.